The van der Waals surface area contributed by atoms with Crippen LogP contribution in [0.25, 0.3) is 0 Å². The second-order valence-electron chi connectivity index (χ2n) is 4.74. The van der Waals surface area contributed by atoms with Gasteiger partial charge in [0.1, 0.15) is 0 Å². The second kappa shape index (κ2) is 6.47. The van der Waals surface area contributed by atoms with Gasteiger partial charge in [-0.05, 0) is 18.8 Å². The highest BCUT2D eigenvalue weighted by Gasteiger charge is 2.34. The zero-order chi connectivity index (χ0) is 14.6. The number of nitrogens with two attached hydrogens (primary N) is 1. The zero-order valence-corrected chi connectivity index (χ0v) is 11.9. The Morgan fingerprint density at radius 2 is 1.95 bits per heavy atom. The van der Waals surface area contributed by atoms with Crippen molar-refractivity contribution in [3.63, 3.8) is 0 Å². The summed E-state index contributed by atoms with van der Waals surface area (Å²) in [6, 6.07) is 0. The Kier molecular flexibility index (Phi) is 5.48. The second-order valence-corrected chi connectivity index (χ2v) is 6.64. The van der Waals surface area contributed by atoms with Crippen molar-refractivity contribution in [2.45, 2.75) is 18.6 Å². The van der Waals surface area contributed by atoms with Gasteiger partial charge in [0.25, 0.3) is 10.0 Å². The fourth-order valence-electron chi connectivity index (χ4n) is 1.82. The van der Waals surface area contributed by atoms with Gasteiger partial charge in [-0.15, -0.1) is 0 Å². The number of guanidine groups is 1. The average Bonchev–Trinajstić information content (AvgIpc) is 2.36. The van der Waals surface area contributed by atoms with Gasteiger partial charge < -0.3 is 10.6 Å². The molecule has 0 atom stereocenters. The van der Waals surface area contributed by atoms with Crippen LogP contribution in [0.2, 0.25) is 0 Å². The molecular weight excluding hydrogens is 278 g/mol. The average molecular weight is 298 g/mol. The number of alkyl halides is 2. The number of halogens is 2. The standard InChI is InChI=1S/C10H20F2N4O2S/c1-15(2)10(13)14-7-8-3-5-16(6-4-8)19(17,18)9(11)12/h8-9H,3-7H2,1-2H3,(H2,13,14). The molecule has 0 radical (unpaired) electrons. The summed E-state index contributed by atoms with van der Waals surface area (Å²) < 4.78 is 48.1. The van der Waals surface area contributed by atoms with E-state index in [1.165, 1.54) is 0 Å². The lowest BCUT2D eigenvalue weighted by atomic mass is 9.98. The third-order valence-corrected chi connectivity index (χ3v) is 4.66. The van der Waals surface area contributed by atoms with Crippen LogP contribution in [0.15, 0.2) is 4.99 Å². The molecule has 1 aliphatic heterocycles. The van der Waals surface area contributed by atoms with Crippen LogP contribution in [0, 0.1) is 5.92 Å². The summed E-state index contributed by atoms with van der Waals surface area (Å²) in [4.78, 5) is 5.85. The number of nitrogens with zero attached hydrogens (tertiary/aromatic N) is 3. The molecule has 0 aromatic heterocycles. The van der Waals surface area contributed by atoms with Crippen molar-refractivity contribution in [3.05, 3.63) is 0 Å². The lowest BCUT2D eigenvalue weighted by Crippen LogP contribution is -2.42. The van der Waals surface area contributed by atoms with Crippen molar-refractivity contribution in [3.8, 4) is 0 Å². The molecule has 9 heteroatoms. The van der Waals surface area contributed by atoms with E-state index in [1.54, 1.807) is 19.0 Å². The van der Waals surface area contributed by atoms with Gasteiger partial charge in [-0.1, -0.05) is 0 Å². The van der Waals surface area contributed by atoms with E-state index in [0.29, 0.717) is 25.3 Å². The Bertz CT molecular complexity index is 417. The molecule has 1 heterocycles. The van der Waals surface area contributed by atoms with Gasteiger partial charge in [-0.25, -0.2) is 8.42 Å². The number of hydrogen-bond donors (Lipinski definition) is 1. The van der Waals surface area contributed by atoms with Crippen molar-refractivity contribution < 1.29 is 17.2 Å². The van der Waals surface area contributed by atoms with Crippen LogP contribution in [0.1, 0.15) is 12.8 Å². The summed E-state index contributed by atoms with van der Waals surface area (Å²) in [7, 11) is -0.888. The molecule has 1 rings (SSSR count). The van der Waals surface area contributed by atoms with Gasteiger partial charge >= 0.3 is 5.76 Å². The lowest BCUT2D eigenvalue weighted by molar-refractivity contribution is 0.205. The summed E-state index contributed by atoms with van der Waals surface area (Å²) in [6.07, 6.45) is 1.05. The van der Waals surface area contributed by atoms with Crippen molar-refractivity contribution in [2.24, 2.45) is 16.6 Å². The fraction of sp³-hybridized carbons (Fsp3) is 0.900. The van der Waals surface area contributed by atoms with Gasteiger partial charge in [0.15, 0.2) is 5.96 Å². The zero-order valence-electron chi connectivity index (χ0n) is 11.1. The maximum Gasteiger partial charge on any atom is 0.350 e. The van der Waals surface area contributed by atoms with E-state index >= 15 is 0 Å². The normalized spacial score (nSPS) is 19.9. The Labute approximate surface area is 112 Å². The largest absolute Gasteiger partial charge is 0.370 e. The van der Waals surface area contributed by atoms with Crippen LogP contribution < -0.4 is 5.73 Å². The highest BCUT2D eigenvalue weighted by atomic mass is 32.2. The number of sulfonamides is 1. The van der Waals surface area contributed by atoms with E-state index in [9.17, 15) is 17.2 Å². The Hall–Kier alpha value is -0.960. The molecule has 1 fully saturated rings. The first kappa shape index (κ1) is 16.1. The predicted octanol–water partition coefficient (Wildman–Crippen LogP) is 0.127. The summed E-state index contributed by atoms with van der Waals surface area (Å²) in [5.41, 5.74) is 5.64. The van der Waals surface area contributed by atoms with Crippen LogP contribution in [0.4, 0.5) is 8.78 Å². The smallest absolute Gasteiger partial charge is 0.350 e. The Morgan fingerprint density at radius 3 is 2.37 bits per heavy atom. The first-order valence-corrected chi connectivity index (χ1v) is 7.50. The van der Waals surface area contributed by atoms with Crippen molar-refractivity contribution in [1.82, 2.24) is 9.21 Å². The van der Waals surface area contributed by atoms with Gasteiger partial charge in [0, 0.05) is 33.7 Å². The molecule has 1 aliphatic rings. The van der Waals surface area contributed by atoms with Crippen molar-refractivity contribution in [1.29, 1.82) is 0 Å². The summed E-state index contributed by atoms with van der Waals surface area (Å²) >= 11 is 0. The molecule has 19 heavy (non-hydrogen) atoms. The fourth-order valence-corrected chi connectivity index (χ4v) is 2.77. The van der Waals surface area contributed by atoms with E-state index in [2.05, 4.69) is 4.99 Å². The van der Waals surface area contributed by atoms with Crippen molar-refractivity contribution >= 4 is 16.0 Å². The maximum atomic E-state index is 12.4. The lowest BCUT2D eigenvalue weighted by Gasteiger charge is -2.30. The molecule has 0 aromatic carbocycles. The number of hydrogen-bond acceptors (Lipinski definition) is 3. The van der Waals surface area contributed by atoms with E-state index < -0.39 is 15.8 Å². The Balaban J connectivity index is 2.48. The highest BCUT2D eigenvalue weighted by molar-refractivity contribution is 7.89. The van der Waals surface area contributed by atoms with E-state index in [-0.39, 0.29) is 19.0 Å². The molecule has 0 aromatic rings. The first-order valence-electron chi connectivity index (χ1n) is 5.99. The molecule has 112 valence electrons. The van der Waals surface area contributed by atoms with E-state index in [4.69, 9.17) is 5.73 Å². The van der Waals surface area contributed by atoms with E-state index in [0.717, 1.165) is 4.31 Å². The maximum absolute atomic E-state index is 12.4. The highest BCUT2D eigenvalue weighted by Crippen LogP contribution is 2.22. The molecule has 0 unspecified atom stereocenters. The third kappa shape index (κ3) is 4.27. The van der Waals surface area contributed by atoms with Gasteiger partial charge in [-0.3, -0.25) is 4.99 Å². The molecular formula is C10H20F2N4O2S. The minimum atomic E-state index is -4.44. The van der Waals surface area contributed by atoms with Gasteiger partial charge in [-0.2, -0.15) is 13.1 Å². The Morgan fingerprint density at radius 1 is 1.42 bits per heavy atom. The molecule has 1 saturated heterocycles. The monoisotopic (exact) mass is 298 g/mol. The quantitative estimate of drug-likeness (QED) is 0.591. The SMILES string of the molecule is CN(C)C(N)=NCC1CCN(S(=O)(=O)C(F)F)CC1. The first-order chi connectivity index (χ1) is 8.75. The molecule has 0 saturated carbocycles. The van der Waals surface area contributed by atoms with Crippen LogP contribution in [-0.4, -0.2) is 63.1 Å². The van der Waals surface area contributed by atoms with Crippen LogP contribution in [0.5, 0.6) is 0 Å². The number of piperidine rings is 1. The summed E-state index contributed by atoms with van der Waals surface area (Å²) in [5.74, 6) is -2.75. The molecule has 2 N–H and O–H groups in total. The van der Waals surface area contributed by atoms with Crippen LogP contribution in [-0.2, 0) is 10.0 Å². The van der Waals surface area contributed by atoms with Gasteiger partial charge in [0.05, 0.1) is 0 Å². The van der Waals surface area contributed by atoms with E-state index in [1.807, 2.05) is 0 Å². The summed E-state index contributed by atoms with van der Waals surface area (Å²) in [5, 5.41) is 0. The summed E-state index contributed by atoms with van der Waals surface area (Å²) in [6.45, 7) is 0.732. The molecule has 0 bridgehead atoms. The molecule has 0 aliphatic carbocycles. The topological polar surface area (TPSA) is 79.0 Å². The van der Waals surface area contributed by atoms with Crippen LogP contribution in [0.3, 0.4) is 0 Å². The van der Waals surface area contributed by atoms with Crippen LogP contribution >= 0.6 is 0 Å². The molecule has 6 nitrogen and oxygen atoms in total. The predicted molar refractivity (Wildman–Crippen MR) is 69.4 cm³/mol. The third-order valence-electron chi connectivity index (χ3n) is 3.13. The van der Waals surface area contributed by atoms with Crippen molar-refractivity contribution in [2.75, 3.05) is 33.7 Å². The minimum Gasteiger partial charge on any atom is -0.370 e. The number of rotatable bonds is 4. The minimum absolute atomic E-state index is 0.120. The molecule has 0 spiro atoms. The van der Waals surface area contributed by atoms with Gasteiger partial charge in [0.2, 0.25) is 0 Å². The number of aliphatic imine (C=N–C) groups is 1. The molecule has 0 amide bonds.